The van der Waals surface area contributed by atoms with Gasteiger partial charge in [0.2, 0.25) is 5.91 Å². The second-order valence-corrected chi connectivity index (χ2v) is 5.35. The Morgan fingerprint density at radius 2 is 2.12 bits per heavy atom. The molecule has 3 atom stereocenters. The Kier molecular flexibility index (Phi) is 4.74. The fraction of sp³-hybridized carbons (Fsp3) is 0.917. The molecule has 0 radical (unpaired) electrons. The van der Waals surface area contributed by atoms with Crippen LogP contribution in [-0.2, 0) is 4.79 Å². The average Bonchev–Trinajstić information content (AvgIpc) is 2.60. The first-order valence-corrected chi connectivity index (χ1v) is 6.10. The summed E-state index contributed by atoms with van der Waals surface area (Å²) < 4.78 is 0. The number of carbonyl (C=O) groups is 1. The molecule has 0 aromatic heterocycles. The second kappa shape index (κ2) is 5.64. The SMILES string of the molecule is CC(CN)CC(=O)N1CC(C)C(N(C)C)C1. The van der Waals surface area contributed by atoms with E-state index in [1.165, 1.54) is 0 Å². The van der Waals surface area contributed by atoms with Crippen LogP contribution in [0.4, 0.5) is 0 Å². The van der Waals surface area contributed by atoms with Crippen LogP contribution in [0.1, 0.15) is 20.3 Å². The number of nitrogens with two attached hydrogens (primary N) is 1. The third-order valence-electron chi connectivity index (χ3n) is 3.51. The van der Waals surface area contributed by atoms with Gasteiger partial charge < -0.3 is 15.5 Å². The van der Waals surface area contributed by atoms with Crippen LogP contribution in [0.5, 0.6) is 0 Å². The Morgan fingerprint density at radius 1 is 1.50 bits per heavy atom. The molecular weight excluding hydrogens is 202 g/mol. The molecule has 4 heteroatoms. The molecule has 1 rings (SSSR count). The minimum Gasteiger partial charge on any atom is -0.341 e. The van der Waals surface area contributed by atoms with Crippen molar-refractivity contribution in [3.05, 3.63) is 0 Å². The van der Waals surface area contributed by atoms with Crippen molar-refractivity contribution in [2.45, 2.75) is 26.3 Å². The van der Waals surface area contributed by atoms with Crippen LogP contribution >= 0.6 is 0 Å². The van der Waals surface area contributed by atoms with Crippen molar-refractivity contribution in [2.24, 2.45) is 17.6 Å². The number of amides is 1. The van der Waals surface area contributed by atoms with Gasteiger partial charge in [-0.3, -0.25) is 4.79 Å². The minimum absolute atomic E-state index is 0.258. The average molecular weight is 227 g/mol. The Bertz CT molecular complexity index is 242. The summed E-state index contributed by atoms with van der Waals surface area (Å²) in [4.78, 5) is 16.2. The predicted octanol–water partition coefficient (Wildman–Crippen LogP) is 0.380. The monoisotopic (exact) mass is 227 g/mol. The van der Waals surface area contributed by atoms with Gasteiger partial charge in [-0.15, -0.1) is 0 Å². The summed E-state index contributed by atoms with van der Waals surface area (Å²) in [5, 5.41) is 0. The summed E-state index contributed by atoms with van der Waals surface area (Å²) in [5.41, 5.74) is 5.54. The van der Waals surface area contributed by atoms with Gasteiger partial charge in [0.15, 0.2) is 0 Å². The van der Waals surface area contributed by atoms with Crippen molar-refractivity contribution in [1.82, 2.24) is 9.80 Å². The van der Waals surface area contributed by atoms with Gasteiger partial charge in [-0.25, -0.2) is 0 Å². The summed E-state index contributed by atoms with van der Waals surface area (Å²) in [6, 6.07) is 0.497. The molecule has 0 aliphatic carbocycles. The lowest BCUT2D eigenvalue weighted by atomic mass is 10.1. The number of likely N-dealkylation sites (N-methyl/N-ethyl adjacent to an activating group) is 1. The van der Waals surface area contributed by atoms with Gasteiger partial charge in [0, 0.05) is 25.6 Å². The molecular formula is C12H25N3O. The highest BCUT2D eigenvalue weighted by atomic mass is 16.2. The van der Waals surface area contributed by atoms with E-state index in [4.69, 9.17) is 5.73 Å². The molecule has 3 unspecified atom stereocenters. The first-order valence-electron chi connectivity index (χ1n) is 6.10. The molecule has 94 valence electrons. The molecule has 4 nitrogen and oxygen atoms in total. The van der Waals surface area contributed by atoms with E-state index >= 15 is 0 Å². The van der Waals surface area contributed by atoms with E-state index in [9.17, 15) is 4.79 Å². The maximum Gasteiger partial charge on any atom is 0.222 e. The number of likely N-dealkylation sites (tertiary alicyclic amines) is 1. The third-order valence-corrected chi connectivity index (χ3v) is 3.51. The van der Waals surface area contributed by atoms with Crippen LogP contribution in [0.25, 0.3) is 0 Å². The molecule has 2 N–H and O–H groups in total. The van der Waals surface area contributed by atoms with Crippen molar-refractivity contribution >= 4 is 5.91 Å². The zero-order chi connectivity index (χ0) is 12.3. The Hall–Kier alpha value is -0.610. The Balaban J connectivity index is 2.48. The number of hydrogen-bond donors (Lipinski definition) is 1. The lowest BCUT2D eigenvalue weighted by Gasteiger charge is -2.22. The largest absolute Gasteiger partial charge is 0.341 e. The van der Waals surface area contributed by atoms with Crippen molar-refractivity contribution in [1.29, 1.82) is 0 Å². The van der Waals surface area contributed by atoms with Crippen LogP contribution in [0, 0.1) is 11.8 Å². The van der Waals surface area contributed by atoms with Crippen LogP contribution in [-0.4, -0.2) is 55.5 Å². The van der Waals surface area contributed by atoms with Gasteiger partial charge in [-0.1, -0.05) is 13.8 Å². The van der Waals surface area contributed by atoms with Crippen LogP contribution in [0.2, 0.25) is 0 Å². The summed E-state index contributed by atoms with van der Waals surface area (Å²) in [6.07, 6.45) is 0.587. The van der Waals surface area contributed by atoms with E-state index in [0.29, 0.717) is 30.8 Å². The van der Waals surface area contributed by atoms with Crippen LogP contribution in [0.3, 0.4) is 0 Å². The molecule has 16 heavy (non-hydrogen) atoms. The molecule has 1 amide bonds. The first kappa shape index (κ1) is 13.5. The molecule has 0 aromatic rings. The van der Waals surface area contributed by atoms with E-state index in [2.05, 4.69) is 25.9 Å². The Labute approximate surface area is 98.8 Å². The van der Waals surface area contributed by atoms with Gasteiger partial charge in [0.25, 0.3) is 0 Å². The predicted molar refractivity (Wildman–Crippen MR) is 66.1 cm³/mol. The number of nitrogens with zero attached hydrogens (tertiary/aromatic N) is 2. The lowest BCUT2D eigenvalue weighted by molar-refractivity contribution is -0.131. The highest BCUT2D eigenvalue weighted by Gasteiger charge is 2.33. The minimum atomic E-state index is 0.258. The van der Waals surface area contributed by atoms with Gasteiger partial charge in [0.1, 0.15) is 0 Å². The molecule has 0 aromatic carbocycles. The fourth-order valence-electron chi connectivity index (χ4n) is 2.34. The summed E-state index contributed by atoms with van der Waals surface area (Å²) in [5.74, 6) is 1.11. The standard InChI is InChI=1S/C12H25N3O/c1-9(6-13)5-12(16)15-7-10(2)11(8-15)14(3)4/h9-11H,5-8,13H2,1-4H3. The summed E-state index contributed by atoms with van der Waals surface area (Å²) >= 11 is 0. The highest BCUT2D eigenvalue weighted by molar-refractivity contribution is 5.76. The van der Waals surface area contributed by atoms with E-state index in [0.717, 1.165) is 13.1 Å². The van der Waals surface area contributed by atoms with E-state index < -0.39 is 0 Å². The van der Waals surface area contributed by atoms with Crippen LogP contribution in [0.15, 0.2) is 0 Å². The van der Waals surface area contributed by atoms with Gasteiger partial charge >= 0.3 is 0 Å². The van der Waals surface area contributed by atoms with E-state index in [1.807, 2.05) is 11.8 Å². The van der Waals surface area contributed by atoms with Crippen molar-refractivity contribution in [2.75, 3.05) is 33.7 Å². The zero-order valence-corrected chi connectivity index (χ0v) is 10.9. The van der Waals surface area contributed by atoms with Crippen molar-refractivity contribution in [3.8, 4) is 0 Å². The summed E-state index contributed by atoms with van der Waals surface area (Å²) in [6.45, 7) is 6.58. The number of hydrogen-bond acceptors (Lipinski definition) is 3. The van der Waals surface area contributed by atoms with Crippen LogP contribution < -0.4 is 5.73 Å². The number of rotatable bonds is 4. The summed E-state index contributed by atoms with van der Waals surface area (Å²) in [7, 11) is 4.16. The molecule has 1 fully saturated rings. The molecule has 1 aliphatic rings. The van der Waals surface area contributed by atoms with Gasteiger partial charge in [-0.2, -0.15) is 0 Å². The second-order valence-electron chi connectivity index (χ2n) is 5.35. The zero-order valence-electron chi connectivity index (χ0n) is 10.9. The Morgan fingerprint density at radius 3 is 2.56 bits per heavy atom. The first-order chi connectivity index (χ1) is 7.45. The van der Waals surface area contributed by atoms with E-state index in [1.54, 1.807) is 0 Å². The maximum absolute atomic E-state index is 12.0. The normalized spacial score (nSPS) is 27.5. The van der Waals surface area contributed by atoms with Gasteiger partial charge in [0.05, 0.1) is 0 Å². The third kappa shape index (κ3) is 3.19. The van der Waals surface area contributed by atoms with Crippen molar-refractivity contribution < 1.29 is 4.79 Å². The molecule has 0 bridgehead atoms. The molecule has 1 saturated heterocycles. The highest BCUT2D eigenvalue weighted by Crippen LogP contribution is 2.21. The maximum atomic E-state index is 12.0. The molecule has 1 aliphatic heterocycles. The van der Waals surface area contributed by atoms with Crippen molar-refractivity contribution in [3.63, 3.8) is 0 Å². The lowest BCUT2D eigenvalue weighted by Crippen LogP contribution is -2.36. The molecule has 1 heterocycles. The fourth-order valence-corrected chi connectivity index (χ4v) is 2.34. The quantitative estimate of drug-likeness (QED) is 0.755. The molecule has 0 saturated carbocycles. The topological polar surface area (TPSA) is 49.6 Å². The number of carbonyl (C=O) groups excluding carboxylic acids is 1. The van der Waals surface area contributed by atoms with E-state index in [-0.39, 0.29) is 5.91 Å². The molecule has 0 spiro atoms. The van der Waals surface area contributed by atoms with Gasteiger partial charge in [-0.05, 0) is 32.5 Å². The smallest absolute Gasteiger partial charge is 0.222 e.